The molecule has 0 N–H and O–H groups in total. The van der Waals surface area contributed by atoms with E-state index in [2.05, 4.69) is 51.3 Å². The third-order valence-electron chi connectivity index (χ3n) is 3.25. The average Bonchev–Trinajstić information content (AvgIpc) is 2.41. The molecule has 0 fully saturated rings. The van der Waals surface area contributed by atoms with Crippen LogP contribution in [0.25, 0.3) is 0 Å². The highest BCUT2D eigenvalue weighted by Gasteiger charge is 2.11. The molecule has 0 unspecified atom stereocenters. The third kappa shape index (κ3) is 7.25. The zero-order valence-electron chi connectivity index (χ0n) is 13.5. The second-order valence-corrected chi connectivity index (χ2v) is 5.06. The van der Waals surface area contributed by atoms with E-state index in [0.29, 0.717) is 0 Å². The van der Waals surface area contributed by atoms with Crippen LogP contribution in [0.15, 0.2) is 36.1 Å². The van der Waals surface area contributed by atoms with Gasteiger partial charge in [-0.1, -0.05) is 51.8 Å². The van der Waals surface area contributed by atoms with Crippen molar-refractivity contribution in [3.05, 3.63) is 36.1 Å². The maximum absolute atomic E-state index is 3.94. The van der Waals surface area contributed by atoms with Gasteiger partial charge in [-0.2, -0.15) is 0 Å². The van der Waals surface area contributed by atoms with Crippen molar-refractivity contribution in [2.45, 2.75) is 66.2 Å². The van der Waals surface area contributed by atoms with Crippen LogP contribution in [0, 0.1) is 0 Å². The summed E-state index contributed by atoms with van der Waals surface area (Å²) >= 11 is 0. The van der Waals surface area contributed by atoms with E-state index in [1.54, 1.807) is 0 Å². The molecule has 0 saturated heterocycles. The second kappa shape index (κ2) is 12.1. The van der Waals surface area contributed by atoms with E-state index < -0.39 is 0 Å². The predicted molar refractivity (Wildman–Crippen MR) is 88.3 cm³/mol. The molecular weight excluding hydrogens is 230 g/mol. The molecule has 1 heteroatoms. The van der Waals surface area contributed by atoms with Gasteiger partial charge >= 0.3 is 0 Å². The molecule has 0 aromatic rings. The van der Waals surface area contributed by atoms with E-state index in [0.717, 1.165) is 13.0 Å². The van der Waals surface area contributed by atoms with Gasteiger partial charge in [0, 0.05) is 25.2 Å². The van der Waals surface area contributed by atoms with Crippen molar-refractivity contribution in [1.82, 2.24) is 4.90 Å². The van der Waals surface area contributed by atoms with Crippen molar-refractivity contribution in [2.75, 3.05) is 13.1 Å². The summed E-state index contributed by atoms with van der Waals surface area (Å²) in [5.74, 6) is 0. The Labute approximate surface area is 121 Å². The Balaban J connectivity index is 5.24. The average molecular weight is 263 g/mol. The third-order valence-corrected chi connectivity index (χ3v) is 3.25. The number of hydrogen-bond donors (Lipinski definition) is 0. The minimum atomic E-state index is 0.989. The van der Waals surface area contributed by atoms with Gasteiger partial charge in [-0.15, -0.1) is 6.58 Å². The molecule has 19 heavy (non-hydrogen) atoms. The highest BCUT2D eigenvalue weighted by atomic mass is 15.1. The molecule has 0 bridgehead atoms. The van der Waals surface area contributed by atoms with Crippen LogP contribution >= 0.6 is 0 Å². The van der Waals surface area contributed by atoms with Crippen molar-refractivity contribution in [3.63, 3.8) is 0 Å². The van der Waals surface area contributed by atoms with Crippen LogP contribution in [0.1, 0.15) is 66.2 Å². The molecule has 0 spiro atoms. The zero-order chi connectivity index (χ0) is 14.5. The standard InChI is InChI=1S/C18H33N/c1-6-11-16-19(15-10-5)18(14-9-4)17(12-7-2)13-8-3/h7,9,12H,4,6,8,10-11,13-16H2,1-3,5H3. The van der Waals surface area contributed by atoms with Crippen LogP contribution in [0.5, 0.6) is 0 Å². The van der Waals surface area contributed by atoms with Crippen LogP contribution in [0.3, 0.4) is 0 Å². The topological polar surface area (TPSA) is 3.24 Å². The molecule has 0 radical (unpaired) electrons. The van der Waals surface area contributed by atoms with Crippen LogP contribution in [-0.4, -0.2) is 18.0 Å². The van der Waals surface area contributed by atoms with Gasteiger partial charge in [0.05, 0.1) is 0 Å². The van der Waals surface area contributed by atoms with Crippen LogP contribution in [0.4, 0.5) is 0 Å². The fourth-order valence-electron chi connectivity index (χ4n) is 2.39. The number of unbranched alkanes of at least 4 members (excludes halogenated alkanes) is 1. The molecule has 0 heterocycles. The Hall–Kier alpha value is -0.980. The molecule has 0 amide bonds. The Kier molecular flexibility index (Phi) is 11.5. The minimum Gasteiger partial charge on any atom is -0.374 e. The molecule has 0 aliphatic carbocycles. The molecule has 0 aromatic carbocycles. The van der Waals surface area contributed by atoms with Gasteiger partial charge in [-0.25, -0.2) is 0 Å². The van der Waals surface area contributed by atoms with Gasteiger partial charge in [-0.05, 0) is 31.8 Å². The van der Waals surface area contributed by atoms with Crippen molar-refractivity contribution in [3.8, 4) is 0 Å². The monoisotopic (exact) mass is 263 g/mol. The van der Waals surface area contributed by atoms with Crippen molar-refractivity contribution >= 4 is 0 Å². The molecular formula is C18H33N. The Bertz CT molecular complexity index is 286. The summed E-state index contributed by atoms with van der Waals surface area (Å²) in [5, 5.41) is 0. The first-order valence-corrected chi connectivity index (χ1v) is 7.95. The van der Waals surface area contributed by atoms with E-state index in [4.69, 9.17) is 0 Å². The summed E-state index contributed by atoms with van der Waals surface area (Å²) in [7, 11) is 0. The number of nitrogens with zero attached hydrogens (tertiary/aromatic N) is 1. The van der Waals surface area contributed by atoms with Crippen molar-refractivity contribution in [1.29, 1.82) is 0 Å². The van der Waals surface area contributed by atoms with Gasteiger partial charge in [0.2, 0.25) is 0 Å². The van der Waals surface area contributed by atoms with E-state index in [-0.39, 0.29) is 0 Å². The fourth-order valence-corrected chi connectivity index (χ4v) is 2.39. The SMILES string of the molecule is C=CCC(=C(C=CC)CCC)N(CCC)CCCC. The highest BCUT2D eigenvalue weighted by molar-refractivity contribution is 5.26. The Morgan fingerprint density at radius 3 is 2.26 bits per heavy atom. The van der Waals surface area contributed by atoms with Gasteiger partial charge in [0.1, 0.15) is 0 Å². The second-order valence-electron chi connectivity index (χ2n) is 5.06. The molecule has 1 nitrogen and oxygen atoms in total. The number of rotatable bonds is 11. The molecule has 0 saturated carbocycles. The maximum atomic E-state index is 3.94. The number of allylic oxidation sites excluding steroid dienone is 4. The van der Waals surface area contributed by atoms with Gasteiger partial charge in [-0.3, -0.25) is 0 Å². The minimum absolute atomic E-state index is 0.989. The van der Waals surface area contributed by atoms with Crippen LogP contribution in [-0.2, 0) is 0 Å². The first-order valence-electron chi connectivity index (χ1n) is 7.95. The molecule has 0 rings (SSSR count). The fraction of sp³-hybridized carbons (Fsp3) is 0.667. The molecule has 0 aliphatic rings. The van der Waals surface area contributed by atoms with Gasteiger partial charge < -0.3 is 4.90 Å². The lowest BCUT2D eigenvalue weighted by Gasteiger charge is -2.29. The summed E-state index contributed by atoms with van der Waals surface area (Å²) in [6.07, 6.45) is 13.6. The normalized spacial score (nSPS) is 12.6. The zero-order valence-corrected chi connectivity index (χ0v) is 13.5. The largest absolute Gasteiger partial charge is 0.374 e. The van der Waals surface area contributed by atoms with Gasteiger partial charge in [0.15, 0.2) is 0 Å². The summed E-state index contributed by atoms with van der Waals surface area (Å²) in [5.41, 5.74) is 2.99. The predicted octanol–water partition coefficient (Wildman–Crippen LogP) is 5.70. The number of hydrogen-bond acceptors (Lipinski definition) is 1. The van der Waals surface area contributed by atoms with E-state index in [1.165, 1.54) is 49.9 Å². The van der Waals surface area contributed by atoms with Crippen LogP contribution in [0.2, 0.25) is 0 Å². The Morgan fingerprint density at radius 2 is 1.79 bits per heavy atom. The molecule has 0 aromatic heterocycles. The van der Waals surface area contributed by atoms with E-state index >= 15 is 0 Å². The lowest BCUT2D eigenvalue weighted by atomic mass is 10.0. The first kappa shape index (κ1) is 18.0. The van der Waals surface area contributed by atoms with E-state index in [1.807, 2.05) is 6.08 Å². The summed E-state index contributed by atoms with van der Waals surface area (Å²) < 4.78 is 0. The van der Waals surface area contributed by atoms with Gasteiger partial charge in [0.25, 0.3) is 0 Å². The summed E-state index contributed by atoms with van der Waals surface area (Å²) in [6.45, 7) is 15.2. The smallest absolute Gasteiger partial charge is 0.0203 e. The quantitative estimate of drug-likeness (QED) is 0.341. The molecule has 0 aliphatic heterocycles. The summed E-state index contributed by atoms with van der Waals surface area (Å²) in [6, 6.07) is 0. The lowest BCUT2D eigenvalue weighted by Crippen LogP contribution is -2.26. The van der Waals surface area contributed by atoms with Crippen LogP contribution < -0.4 is 0 Å². The van der Waals surface area contributed by atoms with Crippen molar-refractivity contribution in [2.24, 2.45) is 0 Å². The molecule has 110 valence electrons. The highest BCUT2D eigenvalue weighted by Crippen LogP contribution is 2.21. The molecule has 0 atom stereocenters. The lowest BCUT2D eigenvalue weighted by molar-refractivity contribution is 0.328. The van der Waals surface area contributed by atoms with Crippen molar-refractivity contribution < 1.29 is 0 Å². The summed E-state index contributed by atoms with van der Waals surface area (Å²) in [4.78, 5) is 2.58. The van der Waals surface area contributed by atoms with E-state index in [9.17, 15) is 0 Å². The maximum Gasteiger partial charge on any atom is 0.0203 e. The first-order chi connectivity index (χ1) is 9.24. The Morgan fingerprint density at radius 1 is 1.05 bits per heavy atom.